The Hall–Kier alpha value is -0.930. The SMILES string of the molecule is Cc1cc(C(=O)c2ccc(Br)c(C)c2)cs1. The van der Waals surface area contributed by atoms with Crippen molar-refractivity contribution in [1.82, 2.24) is 0 Å². The monoisotopic (exact) mass is 294 g/mol. The van der Waals surface area contributed by atoms with Gasteiger partial charge in [-0.05, 0) is 43.7 Å². The Kier molecular flexibility index (Phi) is 3.26. The summed E-state index contributed by atoms with van der Waals surface area (Å²) < 4.78 is 1.03. The highest BCUT2D eigenvalue weighted by Gasteiger charge is 2.11. The van der Waals surface area contributed by atoms with Gasteiger partial charge in [0.15, 0.2) is 5.78 Å². The average molecular weight is 295 g/mol. The topological polar surface area (TPSA) is 17.1 Å². The predicted molar refractivity (Wildman–Crippen MR) is 71.4 cm³/mol. The number of rotatable bonds is 2. The van der Waals surface area contributed by atoms with Crippen LogP contribution in [0.5, 0.6) is 0 Å². The number of halogens is 1. The van der Waals surface area contributed by atoms with E-state index in [0.29, 0.717) is 0 Å². The van der Waals surface area contributed by atoms with Gasteiger partial charge in [0.05, 0.1) is 0 Å². The van der Waals surface area contributed by atoms with Gasteiger partial charge in [-0.15, -0.1) is 11.3 Å². The van der Waals surface area contributed by atoms with Crippen LogP contribution < -0.4 is 0 Å². The summed E-state index contributed by atoms with van der Waals surface area (Å²) in [6.45, 7) is 3.99. The van der Waals surface area contributed by atoms with Crippen LogP contribution in [0.1, 0.15) is 26.4 Å². The molecule has 0 fully saturated rings. The molecule has 0 aliphatic rings. The second kappa shape index (κ2) is 4.52. The summed E-state index contributed by atoms with van der Waals surface area (Å²) in [6.07, 6.45) is 0. The third-order valence-electron chi connectivity index (χ3n) is 2.41. The Morgan fingerprint density at radius 2 is 1.94 bits per heavy atom. The normalized spacial score (nSPS) is 10.4. The van der Waals surface area contributed by atoms with Crippen LogP contribution in [0, 0.1) is 13.8 Å². The van der Waals surface area contributed by atoms with Crippen molar-refractivity contribution in [1.29, 1.82) is 0 Å². The molecule has 3 heteroatoms. The fraction of sp³-hybridized carbons (Fsp3) is 0.154. The third-order valence-corrected chi connectivity index (χ3v) is 4.16. The number of carbonyl (C=O) groups excluding carboxylic acids is 1. The number of hydrogen-bond acceptors (Lipinski definition) is 2. The highest BCUT2D eigenvalue weighted by atomic mass is 79.9. The Morgan fingerprint density at radius 1 is 1.19 bits per heavy atom. The number of ketones is 1. The van der Waals surface area contributed by atoms with E-state index in [2.05, 4.69) is 15.9 Å². The summed E-state index contributed by atoms with van der Waals surface area (Å²) in [7, 11) is 0. The third kappa shape index (κ3) is 2.25. The molecule has 1 heterocycles. The minimum atomic E-state index is 0.0972. The van der Waals surface area contributed by atoms with E-state index < -0.39 is 0 Å². The Morgan fingerprint density at radius 3 is 2.50 bits per heavy atom. The van der Waals surface area contributed by atoms with Crippen molar-refractivity contribution >= 4 is 33.0 Å². The van der Waals surface area contributed by atoms with Crippen LogP contribution >= 0.6 is 27.3 Å². The molecule has 0 spiro atoms. The molecule has 0 radical (unpaired) electrons. The van der Waals surface area contributed by atoms with Gasteiger partial charge in [-0.25, -0.2) is 0 Å². The summed E-state index contributed by atoms with van der Waals surface area (Å²) >= 11 is 5.03. The predicted octanol–water partition coefficient (Wildman–Crippen LogP) is 4.36. The molecule has 82 valence electrons. The zero-order valence-electron chi connectivity index (χ0n) is 9.08. The molecule has 0 aliphatic heterocycles. The molecule has 1 aromatic carbocycles. The van der Waals surface area contributed by atoms with E-state index in [9.17, 15) is 4.79 Å². The Balaban J connectivity index is 2.38. The first-order chi connectivity index (χ1) is 7.58. The van der Waals surface area contributed by atoms with Crippen molar-refractivity contribution in [2.24, 2.45) is 0 Å². The van der Waals surface area contributed by atoms with E-state index in [1.165, 1.54) is 0 Å². The minimum absolute atomic E-state index is 0.0972. The number of benzene rings is 1. The van der Waals surface area contributed by atoms with E-state index in [4.69, 9.17) is 0 Å². The van der Waals surface area contributed by atoms with Gasteiger partial charge in [0.2, 0.25) is 0 Å². The van der Waals surface area contributed by atoms with Crippen molar-refractivity contribution < 1.29 is 4.79 Å². The first-order valence-electron chi connectivity index (χ1n) is 4.94. The summed E-state index contributed by atoms with van der Waals surface area (Å²) in [6, 6.07) is 7.62. The molecule has 1 nitrogen and oxygen atoms in total. The van der Waals surface area contributed by atoms with Crippen LogP contribution in [-0.2, 0) is 0 Å². The minimum Gasteiger partial charge on any atom is -0.289 e. The van der Waals surface area contributed by atoms with Gasteiger partial charge in [-0.3, -0.25) is 4.79 Å². The lowest BCUT2D eigenvalue weighted by Crippen LogP contribution is -1.99. The molecule has 0 aliphatic carbocycles. The summed E-state index contributed by atoms with van der Waals surface area (Å²) in [4.78, 5) is 13.3. The van der Waals surface area contributed by atoms with Crippen LogP contribution in [0.3, 0.4) is 0 Å². The standard InChI is InChI=1S/C13H11BrOS/c1-8-5-10(3-4-12(8)14)13(15)11-6-9(2)16-7-11/h3-7H,1-2H3. The van der Waals surface area contributed by atoms with Crippen LogP contribution in [0.2, 0.25) is 0 Å². The molecule has 16 heavy (non-hydrogen) atoms. The smallest absolute Gasteiger partial charge is 0.193 e. The average Bonchev–Trinajstić information content (AvgIpc) is 2.68. The lowest BCUT2D eigenvalue weighted by molar-refractivity contribution is 0.103. The van der Waals surface area contributed by atoms with Crippen LogP contribution in [-0.4, -0.2) is 5.78 Å². The van der Waals surface area contributed by atoms with Crippen molar-refractivity contribution in [3.05, 3.63) is 55.7 Å². The first-order valence-corrected chi connectivity index (χ1v) is 6.61. The molecule has 0 N–H and O–H groups in total. The summed E-state index contributed by atoms with van der Waals surface area (Å²) in [5.41, 5.74) is 2.61. The van der Waals surface area contributed by atoms with E-state index in [-0.39, 0.29) is 5.78 Å². The lowest BCUT2D eigenvalue weighted by atomic mass is 10.0. The Labute approximate surface area is 107 Å². The van der Waals surface area contributed by atoms with Gasteiger partial charge in [0.25, 0.3) is 0 Å². The maximum absolute atomic E-state index is 12.1. The number of carbonyl (C=O) groups is 1. The highest BCUT2D eigenvalue weighted by molar-refractivity contribution is 9.10. The van der Waals surface area contributed by atoms with Crippen LogP contribution in [0.25, 0.3) is 0 Å². The van der Waals surface area contributed by atoms with Crippen molar-refractivity contribution in [2.45, 2.75) is 13.8 Å². The fourth-order valence-electron chi connectivity index (χ4n) is 1.52. The molecule has 0 saturated carbocycles. The van der Waals surface area contributed by atoms with Gasteiger partial charge in [0, 0.05) is 25.9 Å². The first kappa shape index (κ1) is 11.6. The quantitative estimate of drug-likeness (QED) is 0.752. The highest BCUT2D eigenvalue weighted by Crippen LogP contribution is 2.21. The molecular weight excluding hydrogens is 284 g/mol. The number of thiophene rings is 1. The maximum Gasteiger partial charge on any atom is 0.193 e. The molecule has 0 amide bonds. The van der Waals surface area contributed by atoms with Crippen molar-refractivity contribution in [3.63, 3.8) is 0 Å². The number of hydrogen-bond donors (Lipinski definition) is 0. The fourth-order valence-corrected chi connectivity index (χ4v) is 2.44. The van der Waals surface area contributed by atoms with E-state index >= 15 is 0 Å². The van der Waals surface area contributed by atoms with E-state index in [1.54, 1.807) is 11.3 Å². The zero-order valence-corrected chi connectivity index (χ0v) is 11.5. The zero-order chi connectivity index (χ0) is 11.7. The van der Waals surface area contributed by atoms with E-state index in [1.807, 2.05) is 43.5 Å². The lowest BCUT2D eigenvalue weighted by Gasteiger charge is -2.02. The molecule has 1 aromatic heterocycles. The molecule has 0 unspecified atom stereocenters. The molecule has 2 rings (SSSR count). The van der Waals surface area contributed by atoms with Crippen molar-refractivity contribution in [3.8, 4) is 0 Å². The van der Waals surface area contributed by atoms with E-state index in [0.717, 1.165) is 26.0 Å². The van der Waals surface area contributed by atoms with Gasteiger partial charge < -0.3 is 0 Å². The summed E-state index contributed by atoms with van der Waals surface area (Å²) in [5, 5.41) is 1.91. The van der Waals surface area contributed by atoms with Gasteiger partial charge in [0.1, 0.15) is 0 Å². The molecule has 2 aromatic rings. The molecule has 0 bridgehead atoms. The maximum atomic E-state index is 12.1. The summed E-state index contributed by atoms with van der Waals surface area (Å²) in [5.74, 6) is 0.0972. The second-order valence-corrected chi connectivity index (χ2v) is 5.71. The molecule has 0 atom stereocenters. The number of aryl methyl sites for hydroxylation is 2. The molecular formula is C13H11BrOS. The second-order valence-electron chi connectivity index (χ2n) is 3.74. The van der Waals surface area contributed by atoms with Gasteiger partial charge in [-0.1, -0.05) is 15.9 Å². The Bertz CT molecular complexity index is 543. The largest absolute Gasteiger partial charge is 0.289 e. The van der Waals surface area contributed by atoms with Crippen molar-refractivity contribution in [2.75, 3.05) is 0 Å². The van der Waals surface area contributed by atoms with Gasteiger partial charge >= 0.3 is 0 Å². The van der Waals surface area contributed by atoms with Crippen LogP contribution in [0.15, 0.2) is 34.1 Å². The van der Waals surface area contributed by atoms with Gasteiger partial charge in [-0.2, -0.15) is 0 Å². The van der Waals surface area contributed by atoms with Crippen LogP contribution in [0.4, 0.5) is 0 Å². The molecule has 0 saturated heterocycles.